The van der Waals surface area contributed by atoms with E-state index in [0.717, 1.165) is 42.6 Å². The van der Waals surface area contributed by atoms with Gasteiger partial charge in [0.25, 0.3) is 5.56 Å². The molecule has 6 heteroatoms. The molecule has 1 atom stereocenters. The highest BCUT2D eigenvalue weighted by Crippen LogP contribution is 2.21. The van der Waals surface area contributed by atoms with E-state index in [1.165, 1.54) is 6.42 Å². The van der Waals surface area contributed by atoms with Crippen LogP contribution in [0.3, 0.4) is 0 Å². The fourth-order valence-electron chi connectivity index (χ4n) is 4.13. The Balaban J connectivity index is 1.71. The normalized spacial score (nSPS) is 17.4. The van der Waals surface area contributed by atoms with Gasteiger partial charge in [-0.25, -0.2) is 4.68 Å². The summed E-state index contributed by atoms with van der Waals surface area (Å²) in [5.41, 5.74) is 1.96. The fraction of sp³-hybridized carbons (Fsp3) is 0.409. The number of halogens is 1. The lowest BCUT2D eigenvalue weighted by molar-refractivity contribution is 0.225. The van der Waals surface area contributed by atoms with Crippen molar-refractivity contribution >= 4 is 22.4 Å². The third-order valence-electron chi connectivity index (χ3n) is 5.52. The molecule has 1 aliphatic rings. The van der Waals surface area contributed by atoms with E-state index in [0.29, 0.717) is 29.4 Å². The first-order chi connectivity index (χ1) is 13.7. The van der Waals surface area contributed by atoms with Crippen molar-refractivity contribution < 1.29 is 0 Å². The summed E-state index contributed by atoms with van der Waals surface area (Å²) >= 11 is 6.01. The predicted octanol–water partition coefficient (Wildman–Crippen LogP) is 3.91. The van der Waals surface area contributed by atoms with Crippen LogP contribution in [0, 0.1) is 0 Å². The Labute approximate surface area is 170 Å². The minimum absolute atomic E-state index is 0.0272. The van der Waals surface area contributed by atoms with E-state index in [4.69, 9.17) is 16.7 Å². The zero-order valence-corrected chi connectivity index (χ0v) is 16.9. The van der Waals surface area contributed by atoms with Gasteiger partial charge in [0.05, 0.1) is 17.6 Å². The molecule has 0 saturated carbocycles. The molecule has 0 spiro atoms. The standard InChI is InChI=1S/C22H25ClN4O/c1-2-11-26-12-3-4-18(26)15-27-22(28)19-9-10-24-14-20(19)21(25-27)13-16-5-7-17(23)8-6-16/h5-10,14,18H,2-4,11-13,15H2,1H3/t18-/m1/s1. The molecule has 1 fully saturated rings. The molecule has 3 aromatic rings. The van der Waals surface area contributed by atoms with E-state index < -0.39 is 0 Å². The summed E-state index contributed by atoms with van der Waals surface area (Å²) in [7, 11) is 0. The maximum Gasteiger partial charge on any atom is 0.274 e. The average molecular weight is 397 g/mol. The number of aromatic nitrogens is 3. The van der Waals surface area contributed by atoms with Crippen molar-refractivity contribution in [1.29, 1.82) is 0 Å². The van der Waals surface area contributed by atoms with Crippen LogP contribution in [0.4, 0.5) is 0 Å². The Bertz CT molecular complexity index is 1020. The molecule has 146 valence electrons. The van der Waals surface area contributed by atoms with Crippen LogP contribution in [-0.2, 0) is 13.0 Å². The minimum atomic E-state index is -0.0272. The zero-order valence-electron chi connectivity index (χ0n) is 16.1. The first kappa shape index (κ1) is 19.1. The Morgan fingerprint density at radius 3 is 2.79 bits per heavy atom. The molecule has 2 aromatic heterocycles. The van der Waals surface area contributed by atoms with E-state index in [9.17, 15) is 4.79 Å². The van der Waals surface area contributed by atoms with E-state index in [2.05, 4.69) is 16.8 Å². The number of nitrogens with zero attached hydrogens (tertiary/aromatic N) is 4. The number of likely N-dealkylation sites (tertiary alicyclic amines) is 1. The second kappa shape index (κ2) is 8.41. The monoisotopic (exact) mass is 396 g/mol. The van der Waals surface area contributed by atoms with Crippen molar-refractivity contribution in [2.45, 2.75) is 45.2 Å². The van der Waals surface area contributed by atoms with E-state index >= 15 is 0 Å². The molecule has 5 nitrogen and oxygen atoms in total. The summed E-state index contributed by atoms with van der Waals surface area (Å²) in [6.07, 6.45) is 7.51. The van der Waals surface area contributed by atoms with Crippen LogP contribution in [0.15, 0.2) is 47.5 Å². The van der Waals surface area contributed by atoms with E-state index in [-0.39, 0.29) is 5.56 Å². The number of benzene rings is 1. The second-order valence-electron chi connectivity index (χ2n) is 7.49. The van der Waals surface area contributed by atoms with Crippen molar-refractivity contribution in [3.63, 3.8) is 0 Å². The zero-order chi connectivity index (χ0) is 19.5. The molecule has 0 N–H and O–H groups in total. The fourth-order valence-corrected chi connectivity index (χ4v) is 4.25. The molecule has 28 heavy (non-hydrogen) atoms. The van der Waals surface area contributed by atoms with Gasteiger partial charge in [0.2, 0.25) is 0 Å². The molecule has 1 aliphatic heterocycles. The van der Waals surface area contributed by atoms with Gasteiger partial charge in [-0.1, -0.05) is 30.7 Å². The summed E-state index contributed by atoms with van der Waals surface area (Å²) in [6.45, 7) is 5.04. The highest BCUT2D eigenvalue weighted by atomic mass is 35.5. The molecular formula is C22H25ClN4O. The van der Waals surface area contributed by atoms with Crippen LogP contribution in [0.1, 0.15) is 37.4 Å². The first-order valence-electron chi connectivity index (χ1n) is 9.98. The van der Waals surface area contributed by atoms with Gasteiger partial charge in [-0.05, 0) is 56.1 Å². The number of hydrogen-bond donors (Lipinski definition) is 0. The van der Waals surface area contributed by atoms with Crippen molar-refractivity contribution in [3.8, 4) is 0 Å². The van der Waals surface area contributed by atoms with Crippen LogP contribution < -0.4 is 5.56 Å². The lowest BCUT2D eigenvalue weighted by atomic mass is 10.1. The molecular weight excluding hydrogens is 372 g/mol. The maximum absolute atomic E-state index is 13.1. The highest BCUT2D eigenvalue weighted by molar-refractivity contribution is 6.30. The number of rotatable bonds is 6. The van der Waals surface area contributed by atoms with Crippen LogP contribution in [-0.4, -0.2) is 38.8 Å². The van der Waals surface area contributed by atoms with Gasteiger partial charge >= 0.3 is 0 Å². The molecule has 0 aliphatic carbocycles. The minimum Gasteiger partial charge on any atom is -0.299 e. The first-order valence-corrected chi connectivity index (χ1v) is 10.4. The molecule has 0 unspecified atom stereocenters. The van der Waals surface area contributed by atoms with E-state index in [1.54, 1.807) is 23.1 Å². The average Bonchev–Trinajstić information content (AvgIpc) is 3.14. The van der Waals surface area contributed by atoms with Crippen molar-refractivity contribution in [2.24, 2.45) is 0 Å². The van der Waals surface area contributed by atoms with Crippen molar-refractivity contribution in [1.82, 2.24) is 19.7 Å². The van der Waals surface area contributed by atoms with E-state index in [1.807, 2.05) is 24.3 Å². The van der Waals surface area contributed by atoms with Gasteiger partial charge in [0.15, 0.2) is 0 Å². The van der Waals surface area contributed by atoms with Gasteiger partial charge in [0, 0.05) is 35.3 Å². The summed E-state index contributed by atoms with van der Waals surface area (Å²) in [4.78, 5) is 19.8. The van der Waals surface area contributed by atoms with Crippen molar-refractivity contribution in [2.75, 3.05) is 13.1 Å². The lowest BCUT2D eigenvalue weighted by Crippen LogP contribution is -2.38. The summed E-state index contributed by atoms with van der Waals surface area (Å²) in [5, 5.41) is 7.01. The second-order valence-corrected chi connectivity index (χ2v) is 7.93. The maximum atomic E-state index is 13.1. The van der Waals surface area contributed by atoms with Crippen LogP contribution in [0.5, 0.6) is 0 Å². The Morgan fingerprint density at radius 2 is 2.00 bits per heavy atom. The van der Waals surface area contributed by atoms with Gasteiger partial charge in [-0.2, -0.15) is 5.10 Å². The van der Waals surface area contributed by atoms with Gasteiger partial charge in [-0.15, -0.1) is 0 Å². The summed E-state index contributed by atoms with van der Waals surface area (Å²) in [6, 6.07) is 9.96. The van der Waals surface area contributed by atoms with Crippen LogP contribution in [0.2, 0.25) is 5.02 Å². The van der Waals surface area contributed by atoms with Crippen LogP contribution >= 0.6 is 11.6 Å². The van der Waals surface area contributed by atoms with Crippen LogP contribution in [0.25, 0.3) is 10.8 Å². The van der Waals surface area contributed by atoms with Gasteiger partial charge in [0.1, 0.15) is 0 Å². The Hall–Kier alpha value is -2.24. The summed E-state index contributed by atoms with van der Waals surface area (Å²) < 4.78 is 1.67. The van der Waals surface area contributed by atoms with Crippen molar-refractivity contribution in [3.05, 3.63) is 69.4 Å². The SMILES string of the molecule is CCCN1CCC[C@@H]1Cn1nc(Cc2ccc(Cl)cc2)c2cnccc2c1=O. The molecule has 0 radical (unpaired) electrons. The molecule has 3 heterocycles. The smallest absolute Gasteiger partial charge is 0.274 e. The molecule has 1 aromatic carbocycles. The summed E-state index contributed by atoms with van der Waals surface area (Å²) in [5.74, 6) is 0. The Morgan fingerprint density at radius 1 is 1.18 bits per heavy atom. The molecule has 0 bridgehead atoms. The number of hydrogen-bond acceptors (Lipinski definition) is 4. The predicted molar refractivity (Wildman–Crippen MR) is 113 cm³/mol. The topological polar surface area (TPSA) is 51.0 Å². The van der Waals surface area contributed by atoms with Gasteiger partial charge in [-0.3, -0.25) is 14.7 Å². The third kappa shape index (κ3) is 3.96. The number of pyridine rings is 1. The third-order valence-corrected chi connectivity index (χ3v) is 5.77. The number of fused-ring (bicyclic) bond motifs is 1. The lowest BCUT2D eigenvalue weighted by Gasteiger charge is -2.24. The molecule has 4 rings (SSSR count). The quantitative estimate of drug-likeness (QED) is 0.633. The van der Waals surface area contributed by atoms with Gasteiger partial charge < -0.3 is 0 Å². The molecule has 1 saturated heterocycles. The molecule has 0 amide bonds. The highest BCUT2D eigenvalue weighted by Gasteiger charge is 2.25. The Kier molecular flexibility index (Phi) is 5.74. The largest absolute Gasteiger partial charge is 0.299 e.